The number of carbonyl (C=O) groups is 2. The van der Waals surface area contributed by atoms with Gasteiger partial charge in [0, 0.05) is 11.1 Å². The van der Waals surface area contributed by atoms with Crippen molar-refractivity contribution in [2.24, 2.45) is 0 Å². The molecule has 0 aliphatic carbocycles. The van der Waals surface area contributed by atoms with Crippen LogP contribution in [-0.2, 0) is 0 Å². The van der Waals surface area contributed by atoms with Crippen LogP contribution in [0.15, 0.2) is 84.9 Å². The fourth-order valence-electron chi connectivity index (χ4n) is 3.78. The zero-order valence-corrected chi connectivity index (χ0v) is 19.4. The Morgan fingerprint density at radius 1 is 0.471 bits per heavy atom. The van der Waals surface area contributed by atoms with E-state index in [0.717, 1.165) is 46.0 Å². The lowest BCUT2D eigenvalue weighted by atomic mass is 9.94. The average molecular weight is 443 g/mol. The first-order valence-corrected chi connectivity index (χ1v) is 11.2. The second kappa shape index (κ2) is 10.5. The van der Waals surface area contributed by atoms with Gasteiger partial charge in [-0.05, 0) is 59.4 Å². The van der Waals surface area contributed by atoms with Gasteiger partial charge in [0.1, 0.15) is 6.29 Å². The first kappa shape index (κ1) is 22.9. The second-order valence-electron chi connectivity index (χ2n) is 8.41. The van der Waals surface area contributed by atoms with Gasteiger partial charge in [0.25, 0.3) is 0 Å². The second-order valence-corrected chi connectivity index (χ2v) is 8.41. The van der Waals surface area contributed by atoms with E-state index < -0.39 is 0 Å². The van der Waals surface area contributed by atoms with Crippen LogP contribution < -0.4 is 0 Å². The first-order chi connectivity index (χ1) is 16.6. The molecule has 166 valence electrons. The summed E-state index contributed by atoms with van der Waals surface area (Å²) in [6, 6.07) is 28.0. The van der Waals surface area contributed by atoms with E-state index in [9.17, 15) is 9.59 Å². The fraction of sp³-hybridized carbons (Fsp3) is 0.0625. The van der Waals surface area contributed by atoms with Crippen molar-refractivity contribution in [3.8, 4) is 11.1 Å². The zero-order chi connectivity index (χ0) is 23.9. The lowest BCUT2D eigenvalue weighted by molar-refractivity contribution is 0.111. The van der Waals surface area contributed by atoms with Crippen LogP contribution in [0, 0.1) is 13.8 Å². The van der Waals surface area contributed by atoms with Crippen LogP contribution in [0.25, 0.3) is 35.4 Å². The Bertz CT molecular complexity index is 1370. The number of aldehydes is 2. The number of aryl methyl sites for hydroxylation is 2. The Hall–Kier alpha value is -4.30. The highest BCUT2D eigenvalue weighted by Crippen LogP contribution is 2.29. The fourth-order valence-corrected chi connectivity index (χ4v) is 3.78. The molecular weight excluding hydrogens is 416 g/mol. The summed E-state index contributed by atoms with van der Waals surface area (Å²) >= 11 is 0. The Balaban J connectivity index is 1.73. The van der Waals surface area contributed by atoms with E-state index in [2.05, 4.69) is 62.4 Å². The number of benzene rings is 4. The molecule has 0 saturated carbocycles. The standard InChI is InChI=1S/C32H26O2/c1-23-3-7-25(8-4-23)11-14-28-20-30(16-17-31(28)22-34)32-18-13-27(21-33)19-29(32)15-12-26-9-5-24(2)6-10-26/h3-22H,1-2H3/b14-11+,15-12+. The molecule has 34 heavy (non-hydrogen) atoms. The largest absolute Gasteiger partial charge is 0.298 e. The molecule has 0 N–H and O–H groups in total. The number of rotatable bonds is 7. The van der Waals surface area contributed by atoms with E-state index in [-0.39, 0.29) is 0 Å². The van der Waals surface area contributed by atoms with Crippen LogP contribution in [0.4, 0.5) is 0 Å². The molecule has 0 atom stereocenters. The molecule has 0 radical (unpaired) electrons. The number of hydrogen-bond acceptors (Lipinski definition) is 2. The average Bonchev–Trinajstić information content (AvgIpc) is 2.87. The van der Waals surface area contributed by atoms with Crippen LogP contribution >= 0.6 is 0 Å². The molecule has 0 unspecified atom stereocenters. The SMILES string of the molecule is Cc1ccc(/C=C/c2cc(-c3ccc(C=O)cc3/C=C/c3ccc(C)cc3)ccc2C=O)cc1. The van der Waals surface area contributed by atoms with E-state index in [4.69, 9.17) is 0 Å². The van der Waals surface area contributed by atoms with E-state index in [1.54, 1.807) is 0 Å². The Morgan fingerprint density at radius 3 is 1.59 bits per heavy atom. The van der Waals surface area contributed by atoms with E-state index in [1.165, 1.54) is 11.1 Å². The van der Waals surface area contributed by atoms with Gasteiger partial charge >= 0.3 is 0 Å². The van der Waals surface area contributed by atoms with Crippen molar-refractivity contribution in [2.45, 2.75) is 13.8 Å². The summed E-state index contributed by atoms with van der Waals surface area (Å²) in [6.07, 6.45) is 9.80. The number of carbonyl (C=O) groups excluding carboxylic acids is 2. The van der Waals surface area contributed by atoms with Crippen LogP contribution in [0.3, 0.4) is 0 Å². The van der Waals surface area contributed by atoms with Gasteiger partial charge in [-0.3, -0.25) is 9.59 Å². The monoisotopic (exact) mass is 442 g/mol. The van der Waals surface area contributed by atoms with Crippen molar-refractivity contribution in [3.63, 3.8) is 0 Å². The maximum Gasteiger partial charge on any atom is 0.150 e. The van der Waals surface area contributed by atoms with E-state index in [0.29, 0.717) is 11.1 Å². The highest BCUT2D eigenvalue weighted by Gasteiger charge is 2.08. The molecular formula is C32H26O2. The molecule has 0 bridgehead atoms. The number of hydrogen-bond donors (Lipinski definition) is 0. The quantitative estimate of drug-likeness (QED) is 0.215. The van der Waals surface area contributed by atoms with Crippen molar-refractivity contribution in [3.05, 3.63) is 129 Å². The minimum atomic E-state index is 0.622. The van der Waals surface area contributed by atoms with Crippen LogP contribution in [0.2, 0.25) is 0 Å². The topological polar surface area (TPSA) is 34.1 Å². The maximum atomic E-state index is 11.7. The maximum absolute atomic E-state index is 11.7. The highest BCUT2D eigenvalue weighted by molar-refractivity contribution is 5.90. The Kier molecular flexibility index (Phi) is 7.10. The summed E-state index contributed by atoms with van der Waals surface area (Å²) in [4.78, 5) is 23.1. The molecule has 2 nitrogen and oxygen atoms in total. The van der Waals surface area contributed by atoms with Gasteiger partial charge in [-0.2, -0.15) is 0 Å². The summed E-state index contributed by atoms with van der Waals surface area (Å²) < 4.78 is 0. The predicted octanol–water partition coefficient (Wildman–Crippen LogP) is 7.94. The first-order valence-electron chi connectivity index (χ1n) is 11.2. The third kappa shape index (κ3) is 5.54. The third-order valence-electron chi connectivity index (χ3n) is 5.80. The Morgan fingerprint density at radius 2 is 1.03 bits per heavy atom. The van der Waals surface area contributed by atoms with Crippen molar-refractivity contribution >= 4 is 36.9 Å². The molecule has 2 heteroatoms. The smallest absolute Gasteiger partial charge is 0.150 e. The molecule has 4 rings (SSSR count). The molecule has 4 aromatic rings. The molecule has 0 aliphatic rings. The van der Waals surface area contributed by atoms with E-state index in [1.807, 2.05) is 60.7 Å². The molecule has 0 aromatic heterocycles. The van der Waals surface area contributed by atoms with Gasteiger partial charge < -0.3 is 0 Å². The molecule has 0 aliphatic heterocycles. The molecule has 0 saturated heterocycles. The summed E-state index contributed by atoms with van der Waals surface area (Å²) in [6.45, 7) is 4.12. The van der Waals surface area contributed by atoms with Gasteiger partial charge in [0.15, 0.2) is 6.29 Å². The molecule has 0 spiro atoms. The summed E-state index contributed by atoms with van der Waals surface area (Å²) in [5.74, 6) is 0. The third-order valence-corrected chi connectivity index (χ3v) is 5.80. The van der Waals surface area contributed by atoms with Gasteiger partial charge in [-0.1, -0.05) is 108 Å². The van der Waals surface area contributed by atoms with Gasteiger partial charge in [-0.15, -0.1) is 0 Å². The molecule has 0 heterocycles. The minimum Gasteiger partial charge on any atom is -0.298 e. The minimum absolute atomic E-state index is 0.622. The van der Waals surface area contributed by atoms with Crippen LogP contribution in [-0.4, -0.2) is 12.6 Å². The van der Waals surface area contributed by atoms with Crippen molar-refractivity contribution in [1.82, 2.24) is 0 Å². The highest BCUT2D eigenvalue weighted by atomic mass is 16.1. The van der Waals surface area contributed by atoms with Gasteiger partial charge in [-0.25, -0.2) is 0 Å². The summed E-state index contributed by atoms with van der Waals surface area (Å²) in [7, 11) is 0. The Labute approximate surface area is 200 Å². The van der Waals surface area contributed by atoms with Crippen molar-refractivity contribution in [1.29, 1.82) is 0 Å². The normalized spacial score (nSPS) is 11.2. The zero-order valence-electron chi connectivity index (χ0n) is 19.4. The van der Waals surface area contributed by atoms with Crippen LogP contribution in [0.1, 0.15) is 54.1 Å². The summed E-state index contributed by atoms with van der Waals surface area (Å²) in [5, 5.41) is 0. The molecule has 0 fully saturated rings. The molecule has 0 amide bonds. The van der Waals surface area contributed by atoms with E-state index >= 15 is 0 Å². The van der Waals surface area contributed by atoms with Crippen molar-refractivity contribution < 1.29 is 9.59 Å². The molecule has 4 aromatic carbocycles. The lowest BCUT2D eigenvalue weighted by Gasteiger charge is -2.10. The van der Waals surface area contributed by atoms with Gasteiger partial charge in [0.05, 0.1) is 0 Å². The predicted molar refractivity (Wildman–Crippen MR) is 143 cm³/mol. The van der Waals surface area contributed by atoms with Crippen molar-refractivity contribution in [2.75, 3.05) is 0 Å². The van der Waals surface area contributed by atoms with Crippen LogP contribution in [0.5, 0.6) is 0 Å². The lowest BCUT2D eigenvalue weighted by Crippen LogP contribution is -1.91. The summed E-state index contributed by atoms with van der Waals surface area (Å²) in [5.41, 5.74) is 9.60. The van der Waals surface area contributed by atoms with Gasteiger partial charge in [0.2, 0.25) is 0 Å².